The summed E-state index contributed by atoms with van der Waals surface area (Å²) in [6.07, 6.45) is 6.95. The Balaban J connectivity index is 1.13. The Morgan fingerprint density at radius 2 is 1.12 bits per heavy atom. The van der Waals surface area contributed by atoms with E-state index < -0.39 is 0 Å². The number of thiophene rings is 1. The fourth-order valence-corrected chi connectivity index (χ4v) is 16.1. The predicted molar refractivity (Wildman–Crippen MR) is 332 cm³/mol. The Morgan fingerprint density at radius 1 is 0.553 bits per heavy atom. The van der Waals surface area contributed by atoms with Gasteiger partial charge in [0.25, 0.3) is 6.71 Å². The third kappa shape index (κ3) is 7.52. The fraction of sp³-hybridized carbons (Fsp3) is 0.417. The molecule has 0 unspecified atom stereocenters. The first-order chi connectivity index (χ1) is 36.8. The van der Waals surface area contributed by atoms with Gasteiger partial charge in [0.05, 0.1) is 9.80 Å². The van der Waals surface area contributed by atoms with Crippen molar-refractivity contribution in [3.05, 3.63) is 165 Å². The molecule has 0 saturated carbocycles. The summed E-state index contributed by atoms with van der Waals surface area (Å²) < 4.78 is 29.6. The first-order valence-electron chi connectivity index (χ1n) is 30.2. The molecule has 0 spiro atoms. The normalized spacial score (nSPS) is 20.4. The molecule has 0 N–H and O–H groups in total. The van der Waals surface area contributed by atoms with Crippen LogP contribution in [0.25, 0.3) is 32.0 Å². The molecule has 4 heteroatoms. The van der Waals surface area contributed by atoms with E-state index in [1.54, 1.807) is 12.1 Å². The number of benzene rings is 7. The van der Waals surface area contributed by atoms with Crippen molar-refractivity contribution in [3.8, 4) is 11.1 Å². The summed E-state index contributed by atoms with van der Waals surface area (Å²) in [5.41, 5.74) is 23.8. The zero-order chi connectivity index (χ0) is 56.2. The minimum atomic E-state index is -0.132. The molecule has 13 rings (SSSR count). The van der Waals surface area contributed by atoms with Crippen LogP contribution in [-0.2, 0) is 44.4 Å². The summed E-state index contributed by atoms with van der Waals surface area (Å²) in [6, 6.07) is 38.5. The van der Waals surface area contributed by atoms with Crippen LogP contribution in [0, 0.1) is 6.92 Å². The van der Waals surface area contributed by atoms with Gasteiger partial charge in [-0.3, -0.25) is 0 Å². The molecule has 3 aliphatic carbocycles. The number of aryl methyl sites for hydroxylation is 1. The molecular formula is C72H81BN2S. The van der Waals surface area contributed by atoms with Gasteiger partial charge in [-0.15, -0.1) is 11.3 Å². The Hall–Kier alpha value is -5.58. The molecule has 2 aliphatic heterocycles. The van der Waals surface area contributed by atoms with Crippen molar-refractivity contribution in [3.63, 3.8) is 0 Å². The van der Waals surface area contributed by atoms with Gasteiger partial charge in [0, 0.05) is 44.2 Å². The van der Waals surface area contributed by atoms with E-state index in [2.05, 4.69) is 199 Å². The number of nitrogens with zero attached hydrogens (tertiary/aromatic N) is 2. The second-order valence-electron chi connectivity index (χ2n) is 29.2. The lowest BCUT2D eigenvalue weighted by Crippen LogP contribution is -2.61. The van der Waals surface area contributed by atoms with Gasteiger partial charge in [-0.25, -0.2) is 0 Å². The molecule has 7 aromatic carbocycles. The third-order valence-corrected chi connectivity index (χ3v) is 21.3. The highest BCUT2D eigenvalue weighted by Crippen LogP contribution is 2.55. The molecule has 0 atom stereocenters. The van der Waals surface area contributed by atoms with Crippen LogP contribution in [-0.4, -0.2) is 6.71 Å². The third-order valence-electron chi connectivity index (χ3n) is 20.1. The maximum Gasteiger partial charge on any atom is 0.264 e. The van der Waals surface area contributed by atoms with Crippen LogP contribution in [0.1, 0.15) is 197 Å². The van der Waals surface area contributed by atoms with Crippen LogP contribution in [0.3, 0.4) is 0 Å². The van der Waals surface area contributed by atoms with Crippen LogP contribution >= 0.6 is 11.3 Å². The topological polar surface area (TPSA) is 6.48 Å². The zero-order valence-corrected chi connectivity index (χ0v) is 49.4. The van der Waals surface area contributed by atoms with Crippen molar-refractivity contribution in [2.24, 2.45) is 0 Å². The molecule has 0 saturated heterocycles. The number of fused-ring (bicyclic) bond motifs is 10. The van der Waals surface area contributed by atoms with Crippen LogP contribution in [0.15, 0.2) is 115 Å². The van der Waals surface area contributed by atoms with Gasteiger partial charge < -0.3 is 9.80 Å². The predicted octanol–water partition coefficient (Wildman–Crippen LogP) is 18.3. The van der Waals surface area contributed by atoms with E-state index in [9.17, 15) is 1.37 Å². The van der Waals surface area contributed by atoms with Gasteiger partial charge in [0.2, 0.25) is 0 Å². The second kappa shape index (κ2) is 16.3. The van der Waals surface area contributed by atoms with Gasteiger partial charge in [0.1, 0.15) is 0 Å². The summed E-state index contributed by atoms with van der Waals surface area (Å²) in [4.78, 5) is 5.41. The summed E-state index contributed by atoms with van der Waals surface area (Å²) >= 11 is 2.04. The zero-order valence-electron chi connectivity index (χ0n) is 51.6. The average molecular weight is 1020 g/mol. The van der Waals surface area contributed by atoms with Gasteiger partial charge in [0.15, 0.2) is 0 Å². The van der Waals surface area contributed by atoms with Gasteiger partial charge in [-0.2, -0.15) is 0 Å². The first-order valence-corrected chi connectivity index (χ1v) is 29.5. The Bertz CT molecular complexity index is 3950. The van der Waals surface area contributed by atoms with Crippen molar-refractivity contribution in [2.45, 2.75) is 194 Å². The maximum absolute atomic E-state index is 9.72. The number of anilines is 5. The molecule has 1 aromatic heterocycles. The maximum atomic E-state index is 9.72. The van der Waals surface area contributed by atoms with Gasteiger partial charge >= 0.3 is 0 Å². The van der Waals surface area contributed by atoms with Crippen molar-refractivity contribution in [1.82, 2.24) is 0 Å². The monoisotopic (exact) mass is 1020 g/mol. The SMILES string of the molecule is [2H]c1cc2cc([2H])c(-c3cc(C(C)(C)C)ccc3CN3c4cc(C)cc5c4B(c4cc6c(cc4N5c4ccc5c(c4)C(C)(C)CCC5(C)C)C(C)(C)CCC6(C)C)c4sc5cc6c(cc5c43)C(C)(C)CCC6(C)C)cc2cc1[2H]. The summed E-state index contributed by atoms with van der Waals surface area (Å²) in [5, 5.41) is 3.05. The van der Waals surface area contributed by atoms with Gasteiger partial charge in [-0.1, -0.05) is 171 Å². The van der Waals surface area contributed by atoms with E-state index in [0.717, 1.165) is 59.6 Å². The van der Waals surface area contributed by atoms with E-state index in [1.165, 1.54) is 105 Å². The van der Waals surface area contributed by atoms with Gasteiger partial charge in [-0.05, 0) is 215 Å². The van der Waals surface area contributed by atoms with Crippen LogP contribution < -0.4 is 25.5 Å². The molecule has 5 aliphatic rings. The highest BCUT2D eigenvalue weighted by molar-refractivity contribution is 7.33. The van der Waals surface area contributed by atoms with E-state index in [4.69, 9.17) is 2.74 Å². The minimum Gasteiger partial charge on any atom is -0.337 e. The van der Waals surface area contributed by atoms with Crippen molar-refractivity contribution in [1.29, 1.82) is 0 Å². The van der Waals surface area contributed by atoms with E-state index in [0.29, 0.717) is 12.6 Å². The van der Waals surface area contributed by atoms with Crippen molar-refractivity contribution in [2.75, 3.05) is 9.80 Å². The molecule has 0 amide bonds. The molecule has 76 heavy (non-hydrogen) atoms. The van der Waals surface area contributed by atoms with Crippen molar-refractivity contribution >= 4 is 83.0 Å². The van der Waals surface area contributed by atoms with E-state index >= 15 is 0 Å². The molecule has 3 heterocycles. The van der Waals surface area contributed by atoms with Crippen LogP contribution in [0.5, 0.6) is 0 Å². The molecule has 0 radical (unpaired) electrons. The summed E-state index contributed by atoms with van der Waals surface area (Å²) in [5.74, 6) is 0. The fourth-order valence-electron chi connectivity index (χ4n) is 14.7. The second-order valence-corrected chi connectivity index (χ2v) is 30.3. The van der Waals surface area contributed by atoms with E-state index in [-0.39, 0.29) is 56.7 Å². The van der Waals surface area contributed by atoms with E-state index in [1.807, 2.05) is 17.4 Å². The molecular weight excluding hydrogens is 936 g/mol. The summed E-state index contributed by atoms with van der Waals surface area (Å²) in [7, 11) is 0. The summed E-state index contributed by atoms with van der Waals surface area (Å²) in [6.45, 7) is 39.4. The highest BCUT2D eigenvalue weighted by atomic mass is 32.1. The van der Waals surface area contributed by atoms with Crippen LogP contribution in [0.2, 0.25) is 0 Å². The Kier molecular flexibility index (Phi) is 9.95. The lowest BCUT2D eigenvalue weighted by Gasteiger charge is -2.47. The molecule has 2 nitrogen and oxygen atoms in total. The van der Waals surface area contributed by atoms with Crippen molar-refractivity contribution < 1.29 is 4.11 Å². The lowest BCUT2D eigenvalue weighted by atomic mass is 9.35. The molecule has 388 valence electrons. The Morgan fingerprint density at radius 3 is 1.76 bits per heavy atom. The molecule has 8 aromatic rings. The largest absolute Gasteiger partial charge is 0.337 e. The standard InChI is InChI=1S/C72H81BN2S/c1-43-33-60-63-61(34-43)75(49-25-26-52-53(37-49)68(7,8)28-27-67(52,5)6)59-40-56-55(70(11,12)30-31-71(56,13)14)39-58(59)73(63)65-64(51-38-54-57(41-62(51)76-65)72(15,16)32-29-69(54,9)10)74(60)42-47-23-24-48(66(2,3)4)36-50(47)46-22-21-44-19-17-18-20-45(44)35-46/h17-26,33-41H,27-32,42H2,1-16H3/i17D,18D,22D. The number of hydrogen-bond donors (Lipinski definition) is 0. The average Bonchev–Trinajstić information content (AvgIpc) is 4.05. The molecule has 0 bridgehead atoms. The lowest BCUT2D eigenvalue weighted by molar-refractivity contribution is 0.332. The highest BCUT2D eigenvalue weighted by Gasteiger charge is 2.49. The minimum absolute atomic E-state index is 0.00162. The molecule has 0 fully saturated rings. The van der Waals surface area contributed by atoms with Crippen LogP contribution in [0.4, 0.5) is 28.4 Å². The number of hydrogen-bond acceptors (Lipinski definition) is 3. The Labute approximate surface area is 464 Å². The quantitative estimate of drug-likeness (QED) is 0.162. The smallest absolute Gasteiger partial charge is 0.264 e. The number of rotatable bonds is 4. The first kappa shape index (κ1) is 46.5.